The highest BCUT2D eigenvalue weighted by Crippen LogP contribution is 2.28. The van der Waals surface area contributed by atoms with Gasteiger partial charge in [0.1, 0.15) is 0 Å². The predicted molar refractivity (Wildman–Crippen MR) is 67.9 cm³/mol. The SMILES string of the molecule is Cn1cc(CC(N)c2ccc(F)c(F)c2Br)cn1. The third-order valence-corrected chi connectivity index (χ3v) is 3.48. The normalized spacial score (nSPS) is 12.7. The Labute approximate surface area is 112 Å². The number of benzene rings is 1. The maximum Gasteiger partial charge on any atom is 0.173 e. The zero-order valence-corrected chi connectivity index (χ0v) is 11.3. The van der Waals surface area contributed by atoms with Crippen LogP contribution >= 0.6 is 15.9 Å². The summed E-state index contributed by atoms with van der Waals surface area (Å²) in [6, 6.07) is 2.15. The van der Waals surface area contributed by atoms with Gasteiger partial charge in [-0.1, -0.05) is 6.07 Å². The van der Waals surface area contributed by atoms with E-state index >= 15 is 0 Å². The van der Waals surface area contributed by atoms with Crippen LogP contribution in [0.5, 0.6) is 0 Å². The molecule has 3 nitrogen and oxygen atoms in total. The van der Waals surface area contributed by atoms with Gasteiger partial charge in [0.2, 0.25) is 0 Å². The summed E-state index contributed by atoms with van der Waals surface area (Å²) in [4.78, 5) is 0. The number of rotatable bonds is 3. The Morgan fingerprint density at radius 3 is 2.78 bits per heavy atom. The number of aryl methyl sites for hydroxylation is 1. The van der Waals surface area contributed by atoms with Gasteiger partial charge in [-0.05, 0) is 39.5 Å². The molecule has 2 aromatic rings. The van der Waals surface area contributed by atoms with Crippen LogP contribution in [0.4, 0.5) is 8.78 Å². The van der Waals surface area contributed by atoms with Crippen LogP contribution < -0.4 is 5.73 Å². The van der Waals surface area contributed by atoms with Crippen molar-refractivity contribution in [3.63, 3.8) is 0 Å². The van der Waals surface area contributed by atoms with Crippen molar-refractivity contribution in [2.75, 3.05) is 0 Å². The third kappa shape index (κ3) is 2.59. The second kappa shape index (κ2) is 5.16. The van der Waals surface area contributed by atoms with Crippen molar-refractivity contribution < 1.29 is 8.78 Å². The van der Waals surface area contributed by atoms with E-state index in [-0.39, 0.29) is 4.47 Å². The van der Waals surface area contributed by atoms with Crippen LogP contribution in [-0.4, -0.2) is 9.78 Å². The molecule has 0 aliphatic rings. The highest BCUT2D eigenvalue weighted by Gasteiger charge is 2.17. The fourth-order valence-corrected chi connectivity index (χ4v) is 2.38. The van der Waals surface area contributed by atoms with E-state index in [0.717, 1.165) is 11.6 Å². The number of nitrogens with two attached hydrogens (primary N) is 1. The molecule has 0 fully saturated rings. The van der Waals surface area contributed by atoms with E-state index in [4.69, 9.17) is 5.73 Å². The molecular formula is C12H12BrF2N3. The minimum atomic E-state index is -0.908. The molecule has 6 heteroatoms. The molecule has 0 bridgehead atoms. The summed E-state index contributed by atoms with van der Waals surface area (Å²) in [5.74, 6) is -1.80. The van der Waals surface area contributed by atoms with Gasteiger partial charge in [-0.2, -0.15) is 5.10 Å². The molecule has 18 heavy (non-hydrogen) atoms. The largest absolute Gasteiger partial charge is 0.324 e. The van der Waals surface area contributed by atoms with Crippen LogP contribution in [0.3, 0.4) is 0 Å². The Hall–Kier alpha value is -1.27. The topological polar surface area (TPSA) is 43.8 Å². The van der Waals surface area contributed by atoms with E-state index in [0.29, 0.717) is 12.0 Å². The van der Waals surface area contributed by atoms with Crippen LogP contribution in [0.1, 0.15) is 17.2 Å². The van der Waals surface area contributed by atoms with E-state index in [9.17, 15) is 8.78 Å². The Morgan fingerprint density at radius 1 is 1.44 bits per heavy atom. The van der Waals surface area contributed by atoms with Crippen molar-refractivity contribution in [1.82, 2.24) is 9.78 Å². The highest BCUT2D eigenvalue weighted by molar-refractivity contribution is 9.10. The molecule has 0 spiro atoms. The standard InChI is InChI=1S/C12H12BrF2N3/c1-18-6-7(5-17-18)4-10(16)8-2-3-9(14)12(15)11(8)13/h2-3,5-6,10H,4,16H2,1H3. The van der Waals surface area contributed by atoms with Gasteiger partial charge in [0.25, 0.3) is 0 Å². The summed E-state index contributed by atoms with van der Waals surface area (Å²) in [7, 11) is 1.81. The first-order chi connectivity index (χ1) is 8.49. The molecule has 0 radical (unpaired) electrons. The smallest absolute Gasteiger partial charge is 0.173 e. The number of nitrogens with zero attached hydrogens (tertiary/aromatic N) is 2. The lowest BCUT2D eigenvalue weighted by Gasteiger charge is -2.13. The van der Waals surface area contributed by atoms with Gasteiger partial charge >= 0.3 is 0 Å². The van der Waals surface area contributed by atoms with E-state index in [1.165, 1.54) is 6.07 Å². The molecule has 0 saturated carbocycles. The van der Waals surface area contributed by atoms with E-state index in [2.05, 4.69) is 21.0 Å². The van der Waals surface area contributed by atoms with Crippen molar-refractivity contribution >= 4 is 15.9 Å². The average Bonchev–Trinajstić information content (AvgIpc) is 2.71. The molecule has 0 amide bonds. The minimum absolute atomic E-state index is 0.0823. The lowest BCUT2D eigenvalue weighted by molar-refractivity contribution is 0.500. The molecule has 1 atom stereocenters. The predicted octanol–water partition coefficient (Wildman–Crippen LogP) is 2.70. The van der Waals surface area contributed by atoms with Gasteiger partial charge in [0.15, 0.2) is 11.6 Å². The highest BCUT2D eigenvalue weighted by atomic mass is 79.9. The summed E-state index contributed by atoms with van der Waals surface area (Å²) in [6.07, 6.45) is 4.05. The fourth-order valence-electron chi connectivity index (χ4n) is 1.77. The molecule has 0 saturated heterocycles. The van der Waals surface area contributed by atoms with Crippen LogP contribution in [0, 0.1) is 11.6 Å². The quantitative estimate of drug-likeness (QED) is 0.885. The summed E-state index contributed by atoms with van der Waals surface area (Å²) in [6.45, 7) is 0. The summed E-state index contributed by atoms with van der Waals surface area (Å²) >= 11 is 3.03. The van der Waals surface area contributed by atoms with Gasteiger partial charge in [0.05, 0.1) is 10.7 Å². The number of halogens is 3. The van der Waals surface area contributed by atoms with Crippen LogP contribution in [0.25, 0.3) is 0 Å². The molecule has 2 N–H and O–H groups in total. The molecular weight excluding hydrogens is 304 g/mol. The van der Waals surface area contributed by atoms with Crippen molar-refractivity contribution in [3.8, 4) is 0 Å². The molecule has 0 aliphatic heterocycles. The molecule has 96 valence electrons. The monoisotopic (exact) mass is 315 g/mol. The maximum atomic E-state index is 13.4. The first-order valence-corrected chi connectivity index (χ1v) is 6.15. The Kier molecular flexibility index (Phi) is 3.77. The summed E-state index contributed by atoms with van der Waals surface area (Å²) in [5.41, 5.74) is 7.49. The van der Waals surface area contributed by atoms with Gasteiger partial charge in [-0.15, -0.1) is 0 Å². The molecule has 1 heterocycles. The van der Waals surface area contributed by atoms with E-state index < -0.39 is 17.7 Å². The molecule has 1 aromatic heterocycles. The zero-order valence-electron chi connectivity index (χ0n) is 9.70. The van der Waals surface area contributed by atoms with Gasteiger partial charge in [-0.3, -0.25) is 4.68 Å². The summed E-state index contributed by atoms with van der Waals surface area (Å²) in [5, 5.41) is 4.03. The fraction of sp³-hybridized carbons (Fsp3) is 0.250. The second-order valence-electron chi connectivity index (χ2n) is 4.10. The zero-order chi connectivity index (χ0) is 13.3. The van der Waals surface area contributed by atoms with Crippen molar-refractivity contribution in [1.29, 1.82) is 0 Å². The maximum absolute atomic E-state index is 13.4. The molecule has 1 aromatic carbocycles. The molecule has 2 rings (SSSR count). The minimum Gasteiger partial charge on any atom is -0.324 e. The van der Waals surface area contributed by atoms with Crippen LogP contribution in [0.15, 0.2) is 29.0 Å². The number of hydrogen-bond donors (Lipinski definition) is 1. The van der Waals surface area contributed by atoms with Crippen molar-refractivity contribution in [3.05, 3.63) is 51.8 Å². The van der Waals surface area contributed by atoms with E-state index in [1.807, 2.05) is 13.2 Å². The number of aromatic nitrogens is 2. The Balaban J connectivity index is 2.24. The lowest BCUT2D eigenvalue weighted by atomic mass is 10.0. The average molecular weight is 316 g/mol. The second-order valence-corrected chi connectivity index (χ2v) is 4.89. The van der Waals surface area contributed by atoms with Gasteiger partial charge in [0, 0.05) is 19.3 Å². The summed E-state index contributed by atoms with van der Waals surface area (Å²) < 4.78 is 28.1. The van der Waals surface area contributed by atoms with Gasteiger partial charge in [-0.25, -0.2) is 8.78 Å². The Morgan fingerprint density at radius 2 is 2.17 bits per heavy atom. The van der Waals surface area contributed by atoms with E-state index in [1.54, 1.807) is 10.9 Å². The lowest BCUT2D eigenvalue weighted by Crippen LogP contribution is -2.14. The molecule has 1 unspecified atom stereocenters. The van der Waals surface area contributed by atoms with Crippen molar-refractivity contribution in [2.24, 2.45) is 12.8 Å². The Bertz CT molecular complexity index is 568. The first-order valence-electron chi connectivity index (χ1n) is 5.35. The van der Waals surface area contributed by atoms with Crippen LogP contribution in [-0.2, 0) is 13.5 Å². The number of hydrogen-bond acceptors (Lipinski definition) is 2. The van der Waals surface area contributed by atoms with Crippen LogP contribution in [0.2, 0.25) is 0 Å². The third-order valence-electron chi connectivity index (χ3n) is 2.68. The van der Waals surface area contributed by atoms with Gasteiger partial charge < -0.3 is 5.73 Å². The van der Waals surface area contributed by atoms with Crippen molar-refractivity contribution in [2.45, 2.75) is 12.5 Å². The molecule has 0 aliphatic carbocycles. The first kappa shape index (κ1) is 13.2.